The molecule has 2 aliphatic rings. The first kappa shape index (κ1) is 67.9. The number of phosphoric acid groups is 3. The Labute approximate surface area is 456 Å². The maximum Gasteiger partial charge on any atom is 0.481 e. The van der Waals surface area contributed by atoms with Crippen LogP contribution in [0.3, 0.4) is 0 Å². The first-order valence-electron chi connectivity index (χ1n) is 26.0. The highest BCUT2D eigenvalue weighted by atomic mass is 32.2. The smallest absolute Gasteiger partial charge is 0.393 e. The third-order valence-electron chi connectivity index (χ3n) is 12.8. The van der Waals surface area contributed by atoms with E-state index in [0.717, 1.165) is 73.9 Å². The van der Waals surface area contributed by atoms with Crippen molar-refractivity contribution < 1.29 is 105 Å². The summed E-state index contributed by atoms with van der Waals surface area (Å²) in [6, 6.07) is 0. The van der Waals surface area contributed by atoms with E-state index in [1.807, 2.05) is 0 Å². The van der Waals surface area contributed by atoms with Gasteiger partial charge in [-0.3, -0.25) is 32.5 Å². The van der Waals surface area contributed by atoms with Crippen LogP contribution in [0.1, 0.15) is 136 Å². The molecule has 12 atom stereocenters. The van der Waals surface area contributed by atoms with E-state index in [4.69, 9.17) is 29.0 Å². The Morgan fingerprint density at radius 1 is 0.846 bits per heavy atom. The lowest BCUT2D eigenvalue weighted by atomic mass is 9.87. The summed E-state index contributed by atoms with van der Waals surface area (Å²) >= 11 is 0.984. The quantitative estimate of drug-likeness (QED) is 0.0340. The SMILES string of the molecule is C[C@@H]1O[C@@H](OCCCCCCCCCCCCCCC[C@@H](O)CC(=O)SCCNC(=O)CCNC(=O)[C@H](O)C(C)(C)COP(=O)(O)OP(=O)(O)OC[C@H]2O[C@@H](n3cnc4c(N)ncnc43)[C@H](O)[C@@H]2OP(=O)(O)O)[C@H](O)C[C@H]1O. The van der Waals surface area contributed by atoms with Gasteiger partial charge in [-0.2, -0.15) is 4.31 Å². The van der Waals surface area contributed by atoms with Crippen LogP contribution in [0.15, 0.2) is 12.7 Å². The van der Waals surface area contributed by atoms with Crippen molar-refractivity contribution in [3.63, 3.8) is 0 Å². The zero-order chi connectivity index (χ0) is 57.7. The molecule has 2 unspecified atom stereocenters. The van der Waals surface area contributed by atoms with Crippen molar-refractivity contribution in [1.82, 2.24) is 30.2 Å². The Morgan fingerprint density at radius 2 is 1.46 bits per heavy atom. The molecule has 2 saturated heterocycles. The number of anilines is 1. The lowest BCUT2D eigenvalue weighted by molar-refractivity contribution is -0.261. The summed E-state index contributed by atoms with van der Waals surface area (Å²) in [6.45, 7) is 2.65. The Morgan fingerprint density at radius 3 is 2.10 bits per heavy atom. The normalized spacial score (nSPS) is 24.4. The van der Waals surface area contributed by atoms with Gasteiger partial charge in [-0.15, -0.1) is 0 Å². The number of aliphatic hydroxyl groups excluding tert-OH is 5. The number of nitrogens with zero attached hydrogens (tertiary/aromatic N) is 4. The standard InChI is InChI=1S/C45H80N7O22P3S/c1-29-31(54)24-32(55)44(71-29)68-21-16-14-12-10-8-6-4-5-7-9-11-13-15-17-30(53)23-35(57)78-22-20-47-34(56)18-19-48-42(60)39(59)45(2,3)26-70-77(66,67)74-76(64,65)69-25-33-38(73-75(61,62)63)37(58)43(72-33)52-28-51-36-40(46)49-27-50-41(36)52/h27-33,37-39,43-44,53-55,58-59H,4-26H2,1-3H3,(H,47,56)(H,48,60)(H,64,65)(H,66,67)(H2,46,49,50)(H2,61,62,63)/t29-,30+,31+,32+,33+,37+,38+,39-,43+,44+/m0/s1. The highest BCUT2D eigenvalue weighted by Gasteiger charge is 2.50. The molecule has 2 amide bonds. The number of nitrogens with two attached hydrogens (primary N) is 1. The molecule has 0 radical (unpaired) electrons. The maximum absolute atomic E-state index is 12.8. The lowest BCUT2D eigenvalue weighted by Crippen LogP contribution is -2.47. The second-order valence-corrected chi connectivity index (χ2v) is 25.4. The summed E-state index contributed by atoms with van der Waals surface area (Å²) in [6.07, 6.45) is 4.84. The topological polar surface area (TPSA) is 443 Å². The summed E-state index contributed by atoms with van der Waals surface area (Å²) in [4.78, 5) is 88.7. The number of fused-ring (bicyclic) bond motifs is 1. The van der Waals surface area contributed by atoms with E-state index in [9.17, 15) is 73.2 Å². The maximum atomic E-state index is 12.8. The number of carbonyl (C=O) groups is 3. The molecule has 13 N–H and O–H groups in total. The van der Waals surface area contributed by atoms with E-state index in [1.54, 1.807) is 6.92 Å². The molecule has 0 saturated carbocycles. The molecular formula is C45H80N7O22P3S. The van der Waals surface area contributed by atoms with Crippen molar-refractivity contribution in [2.75, 3.05) is 44.4 Å². The van der Waals surface area contributed by atoms with E-state index in [0.29, 0.717) is 13.0 Å². The van der Waals surface area contributed by atoms with Crippen LogP contribution in [0.4, 0.5) is 5.82 Å². The summed E-state index contributed by atoms with van der Waals surface area (Å²) < 4.78 is 73.7. The number of unbranched alkanes of at least 4 members (excludes halogenated alkanes) is 12. The number of hydrogen-bond acceptors (Lipinski definition) is 23. The number of nitrogens with one attached hydrogen (secondary N) is 2. The first-order chi connectivity index (χ1) is 36.7. The third kappa shape index (κ3) is 24.1. The minimum absolute atomic E-state index is 0.00104. The van der Waals surface area contributed by atoms with E-state index in [1.165, 1.54) is 52.4 Å². The predicted octanol–water partition coefficient (Wildman–Crippen LogP) is 2.75. The molecule has 4 rings (SSSR count). The molecule has 2 aromatic rings. The summed E-state index contributed by atoms with van der Waals surface area (Å²) in [5.41, 5.74) is 4.24. The van der Waals surface area contributed by atoms with Crippen LogP contribution in [0, 0.1) is 5.41 Å². The van der Waals surface area contributed by atoms with E-state index in [-0.39, 0.29) is 66.3 Å². The van der Waals surface area contributed by atoms with Gasteiger partial charge in [0.15, 0.2) is 29.1 Å². The fourth-order valence-electron chi connectivity index (χ4n) is 8.37. The molecule has 2 fully saturated rings. The van der Waals surface area contributed by atoms with Crippen molar-refractivity contribution in [1.29, 1.82) is 0 Å². The second kappa shape index (κ2) is 32.9. The van der Waals surface area contributed by atoms with Crippen molar-refractivity contribution >= 4 is 69.1 Å². The highest BCUT2D eigenvalue weighted by Crippen LogP contribution is 2.61. The summed E-state index contributed by atoms with van der Waals surface area (Å²) in [5.74, 6) is -1.27. The monoisotopic (exact) mass is 1200 g/mol. The number of imidazole rings is 1. The van der Waals surface area contributed by atoms with Gasteiger partial charge in [0.2, 0.25) is 11.8 Å². The van der Waals surface area contributed by atoms with Gasteiger partial charge < -0.3 is 75.7 Å². The molecule has 4 heterocycles. The number of thioether (sulfide) groups is 1. The largest absolute Gasteiger partial charge is 0.481 e. The zero-order valence-electron chi connectivity index (χ0n) is 44.1. The van der Waals surface area contributed by atoms with Crippen molar-refractivity contribution in [3.05, 3.63) is 12.7 Å². The van der Waals surface area contributed by atoms with E-state index >= 15 is 0 Å². The molecule has 33 heteroatoms. The van der Waals surface area contributed by atoms with Crippen molar-refractivity contribution in [2.24, 2.45) is 5.41 Å². The number of nitrogen functional groups attached to an aromatic ring is 1. The van der Waals surface area contributed by atoms with Gasteiger partial charge in [0, 0.05) is 50.1 Å². The number of aromatic nitrogens is 4. The second-order valence-electron chi connectivity index (χ2n) is 20.0. The number of rotatable bonds is 38. The molecule has 448 valence electrons. The summed E-state index contributed by atoms with van der Waals surface area (Å²) in [5, 5.41) is 56.5. The van der Waals surface area contributed by atoms with Crippen molar-refractivity contribution in [2.45, 2.75) is 191 Å². The molecule has 0 aliphatic carbocycles. The molecule has 2 aliphatic heterocycles. The van der Waals surface area contributed by atoms with Gasteiger partial charge in [-0.25, -0.2) is 28.6 Å². The molecule has 29 nitrogen and oxygen atoms in total. The van der Waals surface area contributed by atoms with Gasteiger partial charge in [-0.05, 0) is 19.8 Å². The van der Waals surface area contributed by atoms with Crippen LogP contribution in [0.25, 0.3) is 11.2 Å². The molecule has 0 spiro atoms. The molecule has 78 heavy (non-hydrogen) atoms. The van der Waals surface area contributed by atoms with Gasteiger partial charge in [0.25, 0.3) is 0 Å². The van der Waals surface area contributed by atoms with Crippen LogP contribution in [0.2, 0.25) is 0 Å². The molecule has 0 aromatic carbocycles. The average molecular weight is 1200 g/mol. The predicted molar refractivity (Wildman–Crippen MR) is 279 cm³/mol. The fraction of sp³-hybridized carbons (Fsp3) is 0.822. The Bertz CT molecular complexity index is 2320. The first-order valence-corrected chi connectivity index (χ1v) is 31.5. The van der Waals surface area contributed by atoms with Crippen LogP contribution >= 0.6 is 35.2 Å². The number of amides is 2. The Hall–Kier alpha value is -2.64. The van der Waals surface area contributed by atoms with Gasteiger partial charge >= 0.3 is 23.5 Å². The zero-order valence-corrected chi connectivity index (χ0v) is 47.6. The van der Waals surface area contributed by atoms with Crippen LogP contribution in [-0.2, 0) is 60.2 Å². The average Bonchev–Trinajstić information content (AvgIpc) is 3.94. The van der Waals surface area contributed by atoms with E-state index in [2.05, 4.69) is 34.4 Å². The Balaban J connectivity index is 0.994. The van der Waals surface area contributed by atoms with Gasteiger partial charge in [0.1, 0.15) is 42.4 Å². The number of ether oxygens (including phenoxy) is 3. The van der Waals surface area contributed by atoms with Crippen LogP contribution < -0.4 is 16.4 Å². The summed E-state index contributed by atoms with van der Waals surface area (Å²) in [7, 11) is -16.5. The van der Waals surface area contributed by atoms with Crippen LogP contribution in [0.5, 0.6) is 0 Å². The van der Waals surface area contributed by atoms with Gasteiger partial charge in [0.05, 0.1) is 37.9 Å². The number of aliphatic hydroxyl groups is 5. The van der Waals surface area contributed by atoms with E-state index < -0.39 is 109 Å². The van der Waals surface area contributed by atoms with Crippen molar-refractivity contribution in [3.8, 4) is 0 Å². The van der Waals surface area contributed by atoms with Crippen LogP contribution in [-0.4, -0.2) is 175 Å². The minimum Gasteiger partial charge on any atom is -0.393 e. The Kier molecular flexibility index (Phi) is 28.6. The molecule has 0 bridgehead atoms. The number of carbonyl (C=O) groups excluding carboxylic acids is 3. The number of hydrogen-bond donors (Lipinski definition) is 12. The highest BCUT2D eigenvalue weighted by molar-refractivity contribution is 8.13. The fourth-order valence-corrected chi connectivity index (χ4v) is 11.9. The van der Waals surface area contributed by atoms with Gasteiger partial charge in [-0.1, -0.05) is 103 Å². The molecule has 2 aromatic heterocycles. The lowest BCUT2D eigenvalue weighted by Gasteiger charge is -2.35. The molecular weight excluding hydrogens is 1120 g/mol. The number of phosphoric ester groups is 3. The minimum atomic E-state index is -5.60. The third-order valence-corrected chi connectivity index (χ3v) is 16.8.